The van der Waals surface area contributed by atoms with E-state index in [4.69, 9.17) is 10.2 Å². The van der Waals surface area contributed by atoms with E-state index in [9.17, 15) is 19.2 Å². The van der Waals surface area contributed by atoms with E-state index in [-0.39, 0.29) is 12.3 Å². The van der Waals surface area contributed by atoms with Crippen LogP contribution in [0.4, 0.5) is 0 Å². The average molecular weight is 288 g/mol. The highest BCUT2D eigenvalue weighted by Crippen LogP contribution is 2.01. The standard InChI is InChI=1S/C12H20N2O6/c1-8(15)13-6-4-2-3-5-10(16)14-9(12(19)20)7-11(17)18/h9H,2-7H2,1H3,(H,13,15)(H,14,16)(H,17,18)(H,19,20)/t9-/m1/s1. The molecule has 0 aromatic carbocycles. The van der Waals surface area contributed by atoms with Crippen LogP contribution in [0.5, 0.6) is 0 Å². The van der Waals surface area contributed by atoms with Crippen molar-refractivity contribution >= 4 is 23.8 Å². The largest absolute Gasteiger partial charge is 0.481 e. The van der Waals surface area contributed by atoms with Crippen molar-refractivity contribution in [3.05, 3.63) is 0 Å². The van der Waals surface area contributed by atoms with Crippen molar-refractivity contribution in [2.24, 2.45) is 0 Å². The Morgan fingerprint density at radius 3 is 2.20 bits per heavy atom. The van der Waals surface area contributed by atoms with Crippen LogP contribution >= 0.6 is 0 Å². The van der Waals surface area contributed by atoms with Gasteiger partial charge in [-0.25, -0.2) is 4.79 Å². The van der Waals surface area contributed by atoms with Gasteiger partial charge in [0, 0.05) is 19.9 Å². The number of carboxylic acids is 2. The topological polar surface area (TPSA) is 133 Å². The van der Waals surface area contributed by atoms with Crippen molar-refractivity contribution in [3.8, 4) is 0 Å². The van der Waals surface area contributed by atoms with Crippen LogP contribution in [0.1, 0.15) is 39.0 Å². The average Bonchev–Trinajstić information content (AvgIpc) is 2.31. The molecule has 0 fully saturated rings. The number of carbonyl (C=O) groups is 4. The van der Waals surface area contributed by atoms with Gasteiger partial charge < -0.3 is 20.8 Å². The first-order valence-corrected chi connectivity index (χ1v) is 6.31. The number of nitrogens with one attached hydrogen (secondary N) is 2. The highest BCUT2D eigenvalue weighted by Gasteiger charge is 2.22. The monoisotopic (exact) mass is 288 g/mol. The van der Waals surface area contributed by atoms with Gasteiger partial charge in [-0.2, -0.15) is 0 Å². The fourth-order valence-corrected chi connectivity index (χ4v) is 1.49. The Hall–Kier alpha value is -2.12. The number of hydrogen-bond donors (Lipinski definition) is 4. The normalized spacial score (nSPS) is 11.4. The summed E-state index contributed by atoms with van der Waals surface area (Å²) in [7, 11) is 0. The molecule has 114 valence electrons. The summed E-state index contributed by atoms with van der Waals surface area (Å²) in [4.78, 5) is 43.2. The van der Waals surface area contributed by atoms with E-state index >= 15 is 0 Å². The van der Waals surface area contributed by atoms with Crippen LogP contribution in [0.25, 0.3) is 0 Å². The molecule has 0 unspecified atom stereocenters. The molecule has 0 saturated heterocycles. The zero-order chi connectivity index (χ0) is 15.5. The minimum atomic E-state index is -1.40. The van der Waals surface area contributed by atoms with Gasteiger partial charge in [0.15, 0.2) is 0 Å². The van der Waals surface area contributed by atoms with E-state index in [1.807, 2.05) is 0 Å². The summed E-state index contributed by atoms with van der Waals surface area (Å²) in [6, 6.07) is -1.40. The zero-order valence-corrected chi connectivity index (χ0v) is 11.3. The van der Waals surface area contributed by atoms with E-state index in [1.54, 1.807) is 0 Å². The van der Waals surface area contributed by atoms with Gasteiger partial charge in [0.25, 0.3) is 0 Å². The molecule has 0 rings (SSSR count). The third kappa shape index (κ3) is 9.86. The second-order valence-electron chi connectivity index (χ2n) is 4.35. The smallest absolute Gasteiger partial charge is 0.326 e. The fourth-order valence-electron chi connectivity index (χ4n) is 1.49. The molecule has 0 aromatic rings. The van der Waals surface area contributed by atoms with E-state index in [0.29, 0.717) is 19.4 Å². The number of unbranched alkanes of at least 4 members (excludes halogenated alkanes) is 2. The van der Waals surface area contributed by atoms with E-state index in [0.717, 1.165) is 6.42 Å². The Kier molecular flexibility index (Phi) is 8.73. The van der Waals surface area contributed by atoms with Crippen molar-refractivity contribution < 1.29 is 29.4 Å². The molecule has 0 spiro atoms. The van der Waals surface area contributed by atoms with Crippen LogP contribution in [0.15, 0.2) is 0 Å². The molecule has 20 heavy (non-hydrogen) atoms. The quantitative estimate of drug-likeness (QED) is 0.409. The molecular formula is C12H20N2O6. The lowest BCUT2D eigenvalue weighted by atomic mass is 10.1. The molecule has 0 aromatic heterocycles. The van der Waals surface area contributed by atoms with Crippen LogP contribution in [0.3, 0.4) is 0 Å². The predicted molar refractivity (Wildman–Crippen MR) is 69.0 cm³/mol. The summed E-state index contributed by atoms with van der Waals surface area (Å²) in [5, 5.41) is 22.0. The number of carbonyl (C=O) groups excluding carboxylic acids is 2. The van der Waals surface area contributed by atoms with Crippen LogP contribution in [0.2, 0.25) is 0 Å². The molecule has 0 aliphatic rings. The Morgan fingerprint density at radius 2 is 1.70 bits per heavy atom. The molecule has 8 heteroatoms. The van der Waals surface area contributed by atoms with E-state index in [2.05, 4.69) is 10.6 Å². The Morgan fingerprint density at radius 1 is 1.05 bits per heavy atom. The van der Waals surface area contributed by atoms with Gasteiger partial charge in [0.05, 0.1) is 6.42 Å². The first-order chi connectivity index (χ1) is 9.32. The molecule has 0 bridgehead atoms. The third-order valence-corrected chi connectivity index (χ3v) is 2.47. The fraction of sp³-hybridized carbons (Fsp3) is 0.667. The zero-order valence-electron chi connectivity index (χ0n) is 11.3. The maximum atomic E-state index is 11.4. The highest BCUT2D eigenvalue weighted by atomic mass is 16.4. The van der Waals surface area contributed by atoms with Gasteiger partial charge in [0.1, 0.15) is 6.04 Å². The molecule has 0 saturated carbocycles. The van der Waals surface area contributed by atoms with Crippen LogP contribution in [0, 0.1) is 0 Å². The van der Waals surface area contributed by atoms with E-state index in [1.165, 1.54) is 6.92 Å². The van der Waals surface area contributed by atoms with Crippen molar-refractivity contribution in [2.75, 3.05) is 6.54 Å². The molecule has 8 nitrogen and oxygen atoms in total. The molecule has 4 N–H and O–H groups in total. The van der Waals surface area contributed by atoms with Gasteiger partial charge in [-0.15, -0.1) is 0 Å². The second-order valence-corrected chi connectivity index (χ2v) is 4.35. The summed E-state index contributed by atoms with van der Waals surface area (Å²) in [5.74, 6) is -3.25. The molecule has 0 aliphatic carbocycles. The lowest BCUT2D eigenvalue weighted by molar-refractivity contribution is -0.147. The lowest BCUT2D eigenvalue weighted by Gasteiger charge is -2.12. The minimum absolute atomic E-state index is 0.110. The summed E-state index contributed by atoms with van der Waals surface area (Å²) >= 11 is 0. The first kappa shape index (κ1) is 17.9. The summed E-state index contributed by atoms with van der Waals surface area (Å²) in [6.45, 7) is 1.95. The number of carboxylic acid groups (broad SMARTS) is 2. The minimum Gasteiger partial charge on any atom is -0.481 e. The summed E-state index contributed by atoms with van der Waals surface area (Å²) in [6.07, 6.45) is 1.46. The maximum Gasteiger partial charge on any atom is 0.326 e. The number of rotatable bonds is 10. The number of aliphatic carboxylic acids is 2. The molecule has 0 aliphatic heterocycles. The van der Waals surface area contributed by atoms with Crippen LogP contribution in [-0.2, 0) is 19.2 Å². The number of hydrogen-bond acceptors (Lipinski definition) is 4. The van der Waals surface area contributed by atoms with Gasteiger partial charge in [-0.05, 0) is 12.8 Å². The molecule has 1 atom stereocenters. The van der Waals surface area contributed by atoms with Crippen LogP contribution in [-0.4, -0.2) is 46.6 Å². The van der Waals surface area contributed by atoms with Crippen LogP contribution < -0.4 is 10.6 Å². The molecule has 0 radical (unpaired) electrons. The van der Waals surface area contributed by atoms with Crippen molar-refractivity contribution in [2.45, 2.75) is 45.1 Å². The maximum absolute atomic E-state index is 11.4. The number of amides is 2. The molecular weight excluding hydrogens is 268 g/mol. The molecule has 2 amide bonds. The second kappa shape index (κ2) is 9.76. The third-order valence-electron chi connectivity index (χ3n) is 2.47. The Labute approximate surface area is 116 Å². The highest BCUT2D eigenvalue weighted by molar-refractivity contribution is 5.86. The SMILES string of the molecule is CC(=O)NCCCCCC(=O)N[C@H](CC(=O)O)C(=O)O. The summed E-state index contributed by atoms with van der Waals surface area (Å²) in [5.41, 5.74) is 0. The van der Waals surface area contributed by atoms with Crippen molar-refractivity contribution in [1.29, 1.82) is 0 Å². The lowest BCUT2D eigenvalue weighted by Crippen LogP contribution is -2.42. The first-order valence-electron chi connectivity index (χ1n) is 6.31. The summed E-state index contributed by atoms with van der Waals surface area (Å²) < 4.78 is 0. The van der Waals surface area contributed by atoms with Gasteiger partial charge >= 0.3 is 11.9 Å². The molecule has 0 heterocycles. The van der Waals surface area contributed by atoms with Gasteiger partial charge in [0.2, 0.25) is 11.8 Å². The Bertz CT molecular complexity index is 369. The van der Waals surface area contributed by atoms with Gasteiger partial charge in [-0.3, -0.25) is 14.4 Å². The van der Waals surface area contributed by atoms with Crippen molar-refractivity contribution in [1.82, 2.24) is 10.6 Å². The Balaban J connectivity index is 3.82. The van der Waals surface area contributed by atoms with E-state index < -0.39 is 30.3 Å². The predicted octanol–water partition coefficient (Wildman–Crippen LogP) is -0.273. The van der Waals surface area contributed by atoms with Gasteiger partial charge in [-0.1, -0.05) is 6.42 Å². The van der Waals surface area contributed by atoms with Crippen molar-refractivity contribution in [3.63, 3.8) is 0 Å².